The second-order valence-corrected chi connectivity index (χ2v) is 5.18. The molecule has 0 spiro atoms. The van der Waals surface area contributed by atoms with Gasteiger partial charge in [0.25, 0.3) is 0 Å². The standard InChI is InChI=1S/C15H12BrN3/c1-19-17-14(11-5-3-2-4-6-11)15(18-19)12-7-9-13(16)10-8-12/h2-10H,1H3. The number of halogens is 1. The van der Waals surface area contributed by atoms with Crippen LogP contribution in [0.3, 0.4) is 0 Å². The minimum Gasteiger partial charge on any atom is -0.187 e. The minimum atomic E-state index is 0.904. The fraction of sp³-hybridized carbons (Fsp3) is 0.0667. The molecule has 0 aliphatic carbocycles. The predicted octanol–water partition coefficient (Wildman–Crippen LogP) is 3.91. The molecule has 2 aromatic carbocycles. The molecule has 0 unspecified atom stereocenters. The van der Waals surface area contributed by atoms with E-state index in [1.165, 1.54) is 0 Å². The highest BCUT2D eigenvalue weighted by atomic mass is 79.9. The molecule has 3 rings (SSSR count). The number of aromatic nitrogens is 3. The lowest BCUT2D eigenvalue weighted by Gasteiger charge is -2.01. The first kappa shape index (κ1) is 12.1. The minimum absolute atomic E-state index is 0.904. The molecule has 3 aromatic rings. The highest BCUT2D eigenvalue weighted by molar-refractivity contribution is 9.10. The van der Waals surface area contributed by atoms with Gasteiger partial charge in [0.05, 0.1) is 0 Å². The van der Waals surface area contributed by atoms with Crippen LogP contribution in [0.4, 0.5) is 0 Å². The van der Waals surface area contributed by atoms with Crippen molar-refractivity contribution in [3.63, 3.8) is 0 Å². The second kappa shape index (κ2) is 4.97. The molecule has 0 aliphatic heterocycles. The topological polar surface area (TPSA) is 30.7 Å². The van der Waals surface area contributed by atoms with Crippen molar-refractivity contribution in [2.24, 2.45) is 7.05 Å². The summed E-state index contributed by atoms with van der Waals surface area (Å²) >= 11 is 3.45. The third kappa shape index (κ3) is 2.44. The van der Waals surface area contributed by atoms with Crippen LogP contribution in [0.25, 0.3) is 22.5 Å². The Bertz CT molecular complexity index is 687. The average molecular weight is 314 g/mol. The van der Waals surface area contributed by atoms with Crippen molar-refractivity contribution in [3.05, 3.63) is 59.1 Å². The number of benzene rings is 2. The van der Waals surface area contributed by atoms with Crippen molar-refractivity contribution in [3.8, 4) is 22.5 Å². The molecule has 1 aromatic heterocycles. The van der Waals surface area contributed by atoms with Crippen LogP contribution in [0.1, 0.15) is 0 Å². The molecule has 0 fully saturated rings. The lowest BCUT2D eigenvalue weighted by Crippen LogP contribution is -1.92. The molecule has 1 heterocycles. The Labute approximate surface area is 120 Å². The van der Waals surface area contributed by atoms with Gasteiger partial charge in [-0.1, -0.05) is 58.4 Å². The van der Waals surface area contributed by atoms with Gasteiger partial charge in [-0.15, -0.1) is 0 Å². The van der Waals surface area contributed by atoms with E-state index in [-0.39, 0.29) is 0 Å². The first-order valence-corrected chi connectivity index (χ1v) is 6.76. The van der Waals surface area contributed by atoms with E-state index in [0.717, 1.165) is 27.0 Å². The fourth-order valence-electron chi connectivity index (χ4n) is 2.00. The van der Waals surface area contributed by atoms with Crippen molar-refractivity contribution in [1.29, 1.82) is 0 Å². The summed E-state index contributed by atoms with van der Waals surface area (Å²) in [7, 11) is 1.84. The third-order valence-electron chi connectivity index (χ3n) is 2.88. The number of hydrogen-bond donors (Lipinski definition) is 0. The monoisotopic (exact) mass is 313 g/mol. The largest absolute Gasteiger partial charge is 0.187 e. The molecule has 0 N–H and O–H groups in total. The summed E-state index contributed by atoms with van der Waals surface area (Å²) in [5, 5.41) is 8.95. The molecule has 4 heteroatoms. The zero-order valence-corrected chi connectivity index (χ0v) is 12.0. The van der Waals surface area contributed by atoms with Crippen molar-refractivity contribution in [2.45, 2.75) is 0 Å². The van der Waals surface area contributed by atoms with E-state index in [0.29, 0.717) is 0 Å². The van der Waals surface area contributed by atoms with Crippen LogP contribution in [0.15, 0.2) is 59.1 Å². The summed E-state index contributed by atoms with van der Waals surface area (Å²) in [6, 6.07) is 18.2. The van der Waals surface area contributed by atoms with E-state index in [9.17, 15) is 0 Å². The molecule has 19 heavy (non-hydrogen) atoms. The fourth-order valence-corrected chi connectivity index (χ4v) is 2.26. The molecular formula is C15H12BrN3. The molecular weight excluding hydrogens is 302 g/mol. The number of nitrogens with zero attached hydrogens (tertiary/aromatic N) is 3. The van der Waals surface area contributed by atoms with E-state index in [1.807, 2.05) is 61.6 Å². The van der Waals surface area contributed by atoms with Crippen LogP contribution in [0, 0.1) is 0 Å². The quantitative estimate of drug-likeness (QED) is 0.718. The highest BCUT2D eigenvalue weighted by Crippen LogP contribution is 2.29. The van der Waals surface area contributed by atoms with Crippen molar-refractivity contribution in [2.75, 3.05) is 0 Å². The first-order valence-electron chi connectivity index (χ1n) is 5.97. The lowest BCUT2D eigenvalue weighted by molar-refractivity contribution is 0.657. The Morgan fingerprint density at radius 1 is 0.789 bits per heavy atom. The Balaban J connectivity index is 2.15. The Hall–Kier alpha value is -1.94. The van der Waals surface area contributed by atoms with Gasteiger partial charge in [0.15, 0.2) is 0 Å². The van der Waals surface area contributed by atoms with Crippen molar-refractivity contribution >= 4 is 15.9 Å². The van der Waals surface area contributed by atoms with Gasteiger partial charge in [0.2, 0.25) is 0 Å². The lowest BCUT2D eigenvalue weighted by atomic mass is 10.1. The van der Waals surface area contributed by atoms with Gasteiger partial charge in [-0.05, 0) is 12.1 Å². The van der Waals surface area contributed by atoms with E-state index in [2.05, 4.69) is 26.1 Å². The summed E-state index contributed by atoms with van der Waals surface area (Å²) in [6.45, 7) is 0. The van der Waals surface area contributed by atoms with Gasteiger partial charge in [-0.3, -0.25) is 0 Å². The van der Waals surface area contributed by atoms with Crippen LogP contribution in [0.2, 0.25) is 0 Å². The van der Waals surface area contributed by atoms with Crippen molar-refractivity contribution < 1.29 is 0 Å². The van der Waals surface area contributed by atoms with Gasteiger partial charge in [0.1, 0.15) is 11.4 Å². The maximum absolute atomic E-state index is 4.48. The summed E-state index contributed by atoms with van der Waals surface area (Å²) in [6.07, 6.45) is 0. The van der Waals surface area contributed by atoms with Gasteiger partial charge < -0.3 is 0 Å². The third-order valence-corrected chi connectivity index (χ3v) is 3.41. The zero-order valence-electron chi connectivity index (χ0n) is 10.4. The van der Waals surface area contributed by atoms with E-state index in [4.69, 9.17) is 0 Å². The van der Waals surface area contributed by atoms with Crippen LogP contribution in [0.5, 0.6) is 0 Å². The zero-order chi connectivity index (χ0) is 13.2. The van der Waals surface area contributed by atoms with Crippen LogP contribution < -0.4 is 0 Å². The smallest absolute Gasteiger partial charge is 0.121 e. The Morgan fingerprint density at radius 2 is 1.32 bits per heavy atom. The van der Waals surface area contributed by atoms with Crippen LogP contribution >= 0.6 is 15.9 Å². The van der Waals surface area contributed by atoms with Gasteiger partial charge >= 0.3 is 0 Å². The number of aryl methyl sites for hydroxylation is 1. The normalized spacial score (nSPS) is 10.6. The van der Waals surface area contributed by atoms with E-state index in [1.54, 1.807) is 4.80 Å². The SMILES string of the molecule is Cn1nc(-c2ccccc2)c(-c2ccc(Br)cc2)n1. The Kier molecular flexibility index (Phi) is 3.17. The van der Waals surface area contributed by atoms with Gasteiger partial charge in [-0.25, -0.2) is 0 Å². The highest BCUT2D eigenvalue weighted by Gasteiger charge is 2.13. The molecule has 3 nitrogen and oxygen atoms in total. The Morgan fingerprint density at radius 3 is 1.89 bits per heavy atom. The van der Waals surface area contributed by atoms with E-state index >= 15 is 0 Å². The van der Waals surface area contributed by atoms with E-state index < -0.39 is 0 Å². The summed E-state index contributed by atoms with van der Waals surface area (Å²) in [5.41, 5.74) is 3.95. The van der Waals surface area contributed by atoms with Gasteiger partial charge in [-0.2, -0.15) is 15.0 Å². The second-order valence-electron chi connectivity index (χ2n) is 4.26. The number of rotatable bonds is 2. The van der Waals surface area contributed by atoms with Gasteiger partial charge in [0, 0.05) is 22.6 Å². The first-order chi connectivity index (χ1) is 9.24. The summed E-state index contributed by atoms with van der Waals surface area (Å²) < 4.78 is 1.06. The molecule has 0 radical (unpaired) electrons. The molecule has 0 atom stereocenters. The maximum Gasteiger partial charge on any atom is 0.121 e. The average Bonchev–Trinajstić information content (AvgIpc) is 2.83. The predicted molar refractivity (Wildman–Crippen MR) is 79.6 cm³/mol. The van der Waals surface area contributed by atoms with Crippen molar-refractivity contribution in [1.82, 2.24) is 15.0 Å². The molecule has 0 saturated carbocycles. The number of hydrogen-bond acceptors (Lipinski definition) is 2. The molecule has 0 aliphatic rings. The molecule has 0 saturated heterocycles. The maximum atomic E-state index is 4.48. The summed E-state index contributed by atoms with van der Waals surface area (Å²) in [4.78, 5) is 1.61. The van der Waals surface area contributed by atoms with Crippen LogP contribution in [-0.4, -0.2) is 15.0 Å². The molecule has 94 valence electrons. The molecule has 0 bridgehead atoms. The summed E-state index contributed by atoms with van der Waals surface area (Å²) in [5.74, 6) is 0. The molecule has 0 amide bonds. The van der Waals surface area contributed by atoms with Crippen LogP contribution in [-0.2, 0) is 7.05 Å².